The van der Waals surface area contributed by atoms with Crippen molar-refractivity contribution in [3.05, 3.63) is 65.1 Å². The maximum atomic E-state index is 4.40. The maximum Gasteiger partial charge on any atom is 0.181 e. The highest BCUT2D eigenvalue weighted by molar-refractivity contribution is 8.03. The number of fused-ring (bicyclic) bond motifs is 2. The van der Waals surface area contributed by atoms with Gasteiger partial charge in [0, 0.05) is 23.8 Å². The predicted molar refractivity (Wildman–Crippen MR) is 100 cm³/mol. The molecule has 8 heteroatoms. The van der Waals surface area contributed by atoms with Crippen molar-refractivity contribution < 1.29 is 0 Å². The van der Waals surface area contributed by atoms with Gasteiger partial charge in [0.2, 0.25) is 0 Å². The third-order valence-corrected chi connectivity index (χ3v) is 5.42. The molecule has 0 unspecified atom stereocenters. The summed E-state index contributed by atoms with van der Waals surface area (Å²) < 4.78 is 2.11. The molecule has 26 heavy (non-hydrogen) atoms. The van der Waals surface area contributed by atoms with Gasteiger partial charge < -0.3 is 9.88 Å². The van der Waals surface area contributed by atoms with Crippen molar-refractivity contribution in [2.75, 3.05) is 5.32 Å². The smallest absolute Gasteiger partial charge is 0.181 e. The van der Waals surface area contributed by atoms with Gasteiger partial charge >= 0.3 is 0 Å². The highest BCUT2D eigenvalue weighted by Crippen LogP contribution is 2.39. The van der Waals surface area contributed by atoms with Crippen molar-refractivity contribution in [3.8, 4) is 0 Å². The van der Waals surface area contributed by atoms with Crippen LogP contribution in [0.25, 0.3) is 11.2 Å². The molecule has 4 heterocycles. The molecule has 3 aromatic rings. The summed E-state index contributed by atoms with van der Waals surface area (Å²) >= 11 is 1.64. The van der Waals surface area contributed by atoms with Gasteiger partial charge in [0.25, 0.3) is 0 Å². The Balaban J connectivity index is 1.50. The summed E-state index contributed by atoms with van der Waals surface area (Å²) in [7, 11) is 0. The van der Waals surface area contributed by atoms with Gasteiger partial charge in [-0.2, -0.15) is 0 Å². The Morgan fingerprint density at radius 2 is 2.08 bits per heavy atom. The number of allylic oxidation sites excluding steroid dienone is 4. The summed E-state index contributed by atoms with van der Waals surface area (Å²) in [5.41, 5.74) is 4.99. The Hall–Kier alpha value is -3.00. The number of thioether (sulfide) groups is 1. The average Bonchev–Trinajstić information content (AvgIpc) is 2.95. The normalized spacial score (nSPS) is 16.0. The first-order valence-electron chi connectivity index (χ1n) is 8.26. The second-order valence-corrected chi connectivity index (χ2v) is 7.16. The summed E-state index contributed by atoms with van der Waals surface area (Å²) in [6, 6.07) is 0. The van der Waals surface area contributed by atoms with Crippen molar-refractivity contribution in [3.63, 3.8) is 0 Å². The molecule has 0 aromatic carbocycles. The van der Waals surface area contributed by atoms with Gasteiger partial charge in [-0.1, -0.05) is 17.8 Å². The van der Waals surface area contributed by atoms with E-state index in [1.807, 2.05) is 13.3 Å². The average molecular weight is 361 g/mol. The zero-order valence-corrected chi connectivity index (χ0v) is 14.9. The molecule has 0 amide bonds. The molecule has 0 fully saturated rings. The molecule has 3 aromatic heterocycles. The van der Waals surface area contributed by atoms with Crippen LogP contribution in [0.4, 0.5) is 5.82 Å². The quantitative estimate of drug-likeness (QED) is 0.750. The van der Waals surface area contributed by atoms with E-state index >= 15 is 0 Å². The van der Waals surface area contributed by atoms with Crippen molar-refractivity contribution in [2.45, 2.75) is 24.9 Å². The molecule has 128 valence electrons. The van der Waals surface area contributed by atoms with E-state index in [2.05, 4.69) is 53.0 Å². The minimum Gasteiger partial charge on any atom is -0.337 e. The number of hydrogen-bond donors (Lipinski definition) is 1. The first kappa shape index (κ1) is 15.3. The number of imidazole rings is 1. The standard InChI is InChI=1S/C18H15N7S/c1-11-15-16(22-9-21-11)23-10-25(15)8-12-3-2-4-14-13(7-12)24-17-18(26-14)20-6-5-19-17/h2,4-7,9-10H,3,8H2,1H3,(H,19,24). The third kappa shape index (κ3) is 2.59. The fourth-order valence-electron chi connectivity index (χ4n) is 3.16. The molecule has 1 aliphatic carbocycles. The van der Waals surface area contributed by atoms with Crippen molar-refractivity contribution >= 4 is 28.7 Å². The fraction of sp³-hybridized carbons (Fsp3) is 0.167. The molecule has 0 saturated heterocycles. The number of nitrogens with zero attached hydrogens (tertiary/aromatic N) is 6. The monoisotopic (exact) mass is 361 g/mol. The highest BCUT2D eigenvalue weighted by atomic mass is 32.2. The molecular formula is C18H15N7S. The summed E-state index contributed by atoms with van der Waals surface area (Å²) in [4.78, 5) is 22.9. The lowest BCUT2D eigenvalue weighted by Crippen LogP contribution is -2.09. The van der Waals surface area contributed by atoms with Crippen LogP contribution in [-0.2, 0) is 6.54 Å². The Labute approximate surface area is 154 Å². The lowest BCUT2D eigenvalue weighted by Gasteiger charge is -2.18. The SMILES string of the molecule is Cc1ncnc2ncn(CC3=CC4=C(C=CC3)Sc3nccnc3N4)c12. The van der Waals surface area contributed by atoms with Crippen LogP contribution < -0.4 is 5.32 Å². The summed E-state index contributed by atoms with van der Waals surface area (Å²) in [5.74, 6) is 0.805. The van der Waals surface area contributed by atoms with E-state index < -0.39 is 0 Å². The zero-order valence-electron chi connectivity index (χ0n) is 14.0. The molecule has 0 radical (unpaired) electrons. The molecule has 2 aliphatic rings. The van der Waals surface area contributed by atoms with Crippen LogP contribution in [0.1, 0.15) is 12.1 Å². The molecule has 0 saturated carbocycles. The van der Waals surface area contributed by atoms with Gasteiger partial charge in [-0.15, -0.1) is 0 Å². The summed E-state index contributed by atoms with van der Waals surface area (Å²) in [6.07, 6.45) is 14.2. The third-order valence-electron chi connectivity index (χ3n) is 4.35. The van der Waals surface area contributed by atoms with Gasteiger partial charge in [0.05, 0.1) is 17.7 Å². The zero-order chi connectivity index (χ0) is 17.5. The minimum absolute atomic E-state index is 0.734. The van der Waals surface area contributed by atoms with E-state index in [0.717, 1.165) is 51.3 Å². The van der Waals surface area contributed by atoms with Crippen LogP contribution in [0.15, 0.2) is 64.5 Å². The number of nitrogens with one attached hydrogen (secondary N) is 1. The predicted octanol–water partition coefficient (Wildman–Crippen LogP) is 3.24. The minimum atomic E-state index is 0.734. The van der Waals surface area contributed by atoms with Crippen LogP contribution in [-0.4, -0.2) is 29.5 Å². The number of anilines is 1. The number of rotatable bonds is 2. The molecule has 0 bridgehead atoms. The molecule has 1 N–H and O–H groups in total. The molecular weight excluding hydrogens is 346 g/mol. The Bertz CT molecular complexity index is 1110. The van der Waals surface area contributed by atoms with Gasteiger partial charge in [0.1, 0.15) is 16.9 Å². The first-order valence-corrected chi connectivity index (χ1v) is 9.08. The van der Waals surface area contributed by atoms with E-state index in [4.69, 9.17) is 0 Å². The van der Waals surface area contributed by atoms with E-state index in [0.29, 0.717) is 0 Å². The van der Waals surface area contributed by atoms with Crippen molar-refractivity contribution in [2.24, 2.45) is 0 Å². The van der Waals surface area contributed by atoms with E-state index in [1.165, 1.54) is 5.57 Å². The largest absolute Gasteiger partial charge is 0.337 e. The first-order chi connectivity index (χ1) is 12.8. The van der Waals surface area contributed by atoms with Gasteiger partial charge in [0.15, 0.2) is 11.5 Å². The Morgan fingerprint density at radius 3 is 3.04 bits per heavy atom. The van der Waals surface area contributed by atoms with Gasteiger partial charge in [-0.05, 0) is 31.1 Å². The van der Waals surface area contributed by atoms with E-state index in [1.54, 1.807) is 30.5 Å². The van der Waals surface area contributed by atoms with E-state index in [-0.39, 0.29) is 0 Å². The number of aromatic nitrogens is 6. The van der Waals surface area contributed by atoms with Crippen LogP contribution in [0.2, 0.25) is 0 Å². The van der Waals surface area contributed by atoms with Gasteiger partial charge in [-0.3, -0.25) is 0 Å². The number of hydrogen-bond acceptors (Lipinski definition) is 7. The fourth-order valence-corrected chi connectivity index (χ4v) is 4.07. The Kier molecular flexibility index (Phi) is 3.56. The molecule has 7 nitrogen and oxygen atoms in total. The lowest BCUT2D eigenvalue weighted by atomic mass is 10.1. The summed E-state index contributed by atoms with van der Waals surface area (Å²) in [6.45, 7) is 2.73. The maximum absolute atomic E-state index is 4.40. The van der Waals surface area contributed by atoms with Crippen LogP contribution >= 0.6 is 11.8 Å². The molecule has 0 atom stereocenters. The molecule has 1 aliphatic heterocycles. The van der Waals surface area contributed by atoms with Crippen LogP contribution in [0.3, 0.4) is 0 Å². The van der Waals surface area contributed by atoms with Crippen molar-refractivity contribution in [1.82, 2.24) is 29.5 Å². The van der Waals surface area contributed by atoms with E-state index in [9.17, 15) is 0 Å². The lowest BCUT2D eigenvalue weighted by molar-refractivity contribution is 0.786. The molecule has 0 spiro atoms. The second kappa shape index (κ2) is 6.06. The second-order valence-electron chi connectivity index (χ2n) is 6.13. The van der Waals surface area contributed by atoms with Crippen molar-refractivity contribution in [1.29, 1.82) is 0 Å². The Morgan fingerprint density at radius 1 is 1.15 bits per heavy atom. The van der Waals surface area contributed by atoms with Crippen LogP contribution in [0.5, 0.6) is 0 Å². The van der Waals surface area contributed by atoms with Gasteiger partial charge in [-0.25, -0.2) is 24.9 Å². The topological polar surface area (TPSA) is 81.4 Å². The number of aryl methyl sites for hydroxylation is 1. The molecule has 5 rings (SSSR count). The summed E-state index contributed by atoms with van der Waals surface area (Å²) in [5, 5.41) is 4.31. The van der Waals surface area contributed by atoms with Crippen LogP contribution in [0, 0.1) is 6.92 Å². The highest BCUT2D eigenvalue weighted by Gasteiger charge is 2.20.